The summed E-state index contributed by atoms with van der Waals surface area (Å²) in [6, 6.07) is 1.91. The maximum absolute atomic E-state index is 11.8. The lowest BCUT2D eigenvalue weighted by Gasteiger charge is -2.29. The number of nitriles is 1. The molecule has 100 valence electrons. The number of nitrogens with one attached hydrogen (secondary N) is 1. The molecule has 0 bridgehead atoms. The van der Waals surface area contributed by atoms with E-state index in [-0.39, 0.29) is 18.1 Å². The molecule has 1 N–H and O–H groups in total. The zero-order valence-corrected chi connectivity index (χ0v) is 10.5. The van der Waals surface area contributed by atoms with E-state index in [4.69, 9.17) is 5.26 Å². The first-order chi connectivity index (χ1) is 8.35. The van der Waals surface area contributed by atoms with Crippen LogP contribution < -0.4 is 5.32 Å². The molecule has 1 amide bonds. The van der Waals surface area contributed by atoms with Gasteiger partial charge in [0.15, 0.2) is 0 Å². The minimum absolute atomic E-state index is 0.0308. The van der Waals surface area contributed by atoms with E-state index in [1.807, 2.05) is 6.07 Å². The van der Waals surface area contributed by atoms with Gasteiger partial charge in [-0.1, -0.05) is 0 Å². The van der Waals surface area contributed by atoms with Gasteiger partial charge in [-0.15, -0.1) is 10.1 Å². The Bertz CT molecular complexity index is 367. The molecule has 0 saturated heterocycles. The van der Waals surface area contributed by atoms with Crippen molar-refractivity contribution in [2.45, 2.75) is 51.7 Å². The van der Waals surface area contributed by atoms with E-state index in [2.05, 4.69) is 10.2 Å². The lowest BCUT2D eigenvalue weighted by molar-refractivity contribution is -0.769. The molecule has 1 aliphatic rings. The van der Waals surface area contributed by atoms with Crippen LogP contribution in [0.3, 0.4) is 0 Å². The third-order valence-electron chi connectivity index (χ3n) is 3.09. The van der Waals surface area contributed by atoms with Crippen LogP contribution in [0.4, 0.5) is 0 Å². The van der Waals surface area contributed by atoms with E-state index in [1.165, 1.54) is 0 Å². The van der Waals surface area contributed by atoms with E-state index in [0.29, 0.717) is 25.7 Å². The molecular formula is C11H17N3O4. The topological polar surface area (TPSA) is 105 Å². The van der Waals surface area contributed by atoms with Crippen LogP contribution >= 0.6 is 0 Å². The number of hydrogen-bond acceptors (Lipinski definition) is 5. The highest BCUT2D eigenvalue weighted by Gasteiger charge is 2.31. The van der Waals surface area contributed by atoms with Gasteiger partial charge in [0.1, 0.15) is 11.5 Å². The monoisotopic (exact) mass is 255 g/mol. The molecule has 0 aromatic heterocycles. The van der Waals surface area contributed by atoms with Crippen LogP contribution in [-0.4, -0.2) is 23.1 Å². The van der Waals surface area contributed by atoms with Gasteiger partial charge in [-0.25, -0.2) is 0 Å². The number of nitrogens with zero attached hydrogens (tertiary/aromatic N) is 2. The molecule has 0 heterocycles. The van der Waals surface area contributed by atoms with Crippen molar-refractivity contribution >= 4 is 5.91 Å². The summed E-state index contributed by atoms with van der Waals surface area (Å²) in [6.45, 7) is 3.12. The van der Waals surface area contributed by atoms with Gasteiger partial charge in [-0.2, -0.15) is 5.26 Å². The van der Waals surface area contributed by atoms with Gasteiger partial charge in [-0.05, 0) is 39.5 Å². The van der Waals surface area contributed by atoms with E-state index in [9.17, 15) is 14.9 Å². The van der Waals surface area contributed by atoms with Crippen LogP contribution in [-0.2, 0) is 9.63 Å². The molecule has 0 aromatic rings. The molecule has 0 unspecified atom stereocenters. The van der Waals surface area contributed by atoms with Crippen molar-refractivity contribution in [2.24, 2.45) is 5.41 Å². The number of carbonyl (C=O) groups is 1. The highest BCUT2D eigenvalue weighted by molar-refractivity contribution is 5.84. The van der Waals surface area contributed by atoms with Crippen molar-refractivity contribution in [1.82, 2.24) is 5.32 Å². The Hall–Kier alpha value is -1.84. The van der Waals surface area contributed by atoms with Gasteiger partial charge >= 0.3 is 0 Å². The van der Waals surface area contributed by atoms with Crippen LogP contribution in [0.2, 0.25) is 0 Å². The first-order valence-corrected chi connectivity index (χ1v) is 5.88. The van der Waals surface area contributed by atoms with Gasteiger partial charge in [0.2, 0.25) is 5.91 Å². The van der Waals surface area contributed by atoms with Crippen molar-refractivity contribution in [3.05, 3.63) is 10.1 Å². The maximum atomic E-state index is 11.8. The molecule has 1 aliphatic carbocycles. The van der Waals surface area contributed by atoms with Crippen LogP contribution in [0, 0.1) is 26.9 Å². The predicted octanol–water partition coefficient (Wildman–Crippen LogP) is 1.17. The van der Waals surface area contributed by atoms with Crippen molar-refractivity contribution in [3.8, 4) is 6.07 Å². The molecule has 1 fully saturated rings. The summed E-state index contributed by atoms with van der Waals surface area (Å²) in [5.41, 5.74) is -1.05. The fourth-order valence-electron chi connectivity index (χ4n) is 1.85. The molecule has 0 aliphatic heterocycles. The molecule has 1 rings (SSSR count). The summed E-state index contributed by atoms with van der Waals surface area (Å²) in [4.78, 5) is 26.4. The molecule has 7 nitrogen and oxygen atoms in total. The second-order valence-electron chi connectivity index (χ2n) is 5.01. The standard InChI is InChI=1S/C11H17N3O4/c1-11(2,7-12)10(15)13-8-3-5-9(6-4-8)18-14(16)17/h8-9H,3-6H2,1-2H3,(H,13,15). The highest BCUT2D eigenvalue weighted by Crippen LogP contribution is 2.22. The number of amides is 1. The second-order valence-corrected chi connectivity index (χ2v) is 5.01. The first kappa shape index (κ1) is 14.2. The number of rotatable bonds is 4. The van der Waals surface area contributed by atoms with Crippen LogP contribution in [0.5, 0.6) is 0 Å². The molecule has 0 atom stereocenters. The molecule has 1 saturated carbocycles. The number of hydrogen-bond donors (Lipinski definition) is 1. The Morgan fingerprint density at radius 2 is 2.00 bits per heavy atom. The molecular weight excluding hydrogens is 238 g/mol. The summed E-state index contributed by atoms with van der Waals surface area (Å²) in [6.07, 6.45) is 1.96. The minimum Gasteiger partial charge on any atom is -0.352 e. The lowest BCUT2D eigenvalue weighted by atomic mass is 9.90. The first-order valence-electron chi connectivity index (χ1n) is 5.88. The van der Waals surface area contributed by atoms with Gasteiger partial charge in [-0.3, -0.25) is 4.79 Å². The highest BCUT2D eigenvalue weighted by atomic mass is 17.0. The zero-order chi connectivity index (χ0) is 13.8. The van der Waals surface area contributed by atoms with E-state index < -0.39 is 10.5 Å². The Kier molecular flexibility index (Phi) is 4.48. The van der Waals surface area contributed by atoms with Crippen molar-refractivity contribution < 1.29 is 14.7 Å². The fourth-order valence-corrected chi connectivity index (χ4v) is 1.85. The second kappa shape index (κ2) is 5.67. The van der Waals surface area contributed by atoms with Gasteiger partial charge < -0.3 is 10.2 Å². The average molecular weight is 255 g/mol. The largest absolute Gasteiger partial charge is 0.352 e. The molecule has 0 aromatic carbocycles. The van der Waals surface area contributed by atoms with Crippen LogP contribution in [0.1, 0.15) is 39.5 Å². The summed E-state index contributed by atoms with van der Waals surface area (Å²) >= 11 is 0. The Balaban J connectivity index is 2.39. The van der Waals surface area contributed by atoms with Crippen molar-refractivity contribution in [2.75, 3.05) is 0 Å². The van der Waals surface area contributed by atoms with Gasteiger partial charge in [0.25, 0.3) is 5.09 Å². The normalized spacial score (nSPS) is 23.8. The SMILES string of the molecule is CC(C)(C#N)C(=O)NC1CCC(O[N+](=O)[O-])CC1. The number of carbonyl (C=O) groups excluding carboxylic acids is 1. The van der Waals surface area contributed by atoms with E-state index in [0.717, 1.165) is 0 Å². The van der Waals surface area contributed by atoms with E-state index >= 15 is 0 Å². The zero-order valence-electron chi connectivity index (χ0n) is 10.5. The smallest absolute Gasteiger partial charge is 0.294 e. The molecule has 18 heavy (non-hydrogen) atoms. The minimum atomic E-state index is -1.05. The summed E-state index contributed by atoms with van der Waals surface area (Å²) in [7, 11) is 0. The van der Waals surface area contributed by atoms with Gasteiger partial charge in [0.05, 0.1) is 6.07 Å². The summed E-state index contributed by atoms with van der Waals surface area (Å²) in [5, 5.41) is 21.0. The van der Waals surface area contributed by atoms with Crippen LogP contribution in [0.15, 0.2) is 0 Å². The molecule has 7 heteroatoms. The lowest BCUT2D eigenvalue weighted by Crippen LogP contribution is -2.44. The quantitative estimate of drug-likeness (QED) is 0.599. The van der Waals surface area contributed by atoms with Crippen molar-refractivity contribution in [3.63, 3.8) is 0 Å². The summed E-state index contributed by atoms with van der Waals surface area (Å²) in [5.74, 6) is -0.302. The predicted molar refractivity (Wildman–Crippen MR) is 61.7 cm³/mol. The third kappa shape index (κ3) is 3.87. The average Bonchev–Trinajstić information content (AvgIpc) is 2.31. The molecule has 0 spiro atoms. The maximum Gasteiger partial charge on any atom is 0.294 e. The van der Waals surface area contributed by atoms with Crippen LogP contribution in [0.25, 0.3) is 0 Å². The summed E-state index contributed by atoms with van der Waals surface area (Å²) < 4.78 is 0. The van der Waals surface area contributed by atoms with Gasteiger partial charge in [0, 0.05) is 6.04 Å². The Labute approximate surface area is 105 Å². The molecule has 0 radical (unpaired) electrons. The third-order valence-corrected chi connectivity index (χ3v) is 3.09. The van der Waals surface area contributed by atoms with E-state index in [1.54, 1.807) is 13.8 Å². The fraction of sp³-hybridized carbons (Fsp3) is 0.818. The Morgan fingerprint density at radius 3 is 2.44 bits per heavy atom. The Morgan fingerprint density at radius 1 is 1.44 bits per heavy atom. The van der Waals surface area contributed by atoms with Crippen molar-refractivity contribution in [1.29, 1.82) is 5.26 Å².